The number of aromatic amines is 1. The van der Waals surface area contributed by atoms with Crippen molar-refractivity contribution in [2.24, 2.45) is 0 Å². The van der Waals surface area contributed by atoms with Crippen LogP contribution in [0.2, 0.25) is 0 Å². The number of halogens is 1. The van der Waals surface area contributed by atoms with Crippen LogP contribution >= 0.6 is 22.6 Å². The Morgan fingerprint density at radius 2 is 2.18 bits per heavy atom. The van der Waals surface area contributed by atoms with E-state index in [9.17, 15) is 14.9 Å². The first-order valence-corrected chi connectivity index (χ1v) is 3.72. The number of pyridine rings is 1. The molecular formula is C5H3IN2O3. The van der Waals surface area contributed by atoms with Gasteiger partial charge in [0.25, 0.3) is 0 Å². The number of nitrogens with one attached hydrogen (secondary N) is 1. The Labute approximate surface area is 74.7 Å². The van der Waals surface area contributed by atoms with Gasteiger partial charge in [-0.05, 0) is 33.6 Å². The van der Waals surface area contributed by atoms with E-state index in [2.05, 4.69) is 4.98 Å². The van der Waals surface area contributed by atoms with E-state index in [4.69, 9.17) is 0 Å². The number of aromatic nitrogens is 1. The van der Waals surface area contributed by atoms with Gasteiger partial charge in [-0.25, -0.2) is 9.78 Å². The Bertz CT molecular complexity index is 346. The molecule has 0 aliphatic carbocycles. The van der Waals surface area contributed by atoms with E-state index in [1.807, 2.05) is 0 Å². The molecule has 1 aromatic heterocycles. The molecule has 0 radical (unpaired) electrons. The van der Waals surface area contributed by atoms with Crippen LogP contribution < -0.4 is 5.56 Å². The standard InChI is InChI=1S/C5H3IN2O3/c6-3-1-2-4(8(10)11)7-5(3)9/h1-2H,(H,7,9). The molecule has 11 heavy (non-hydrogen) atoms. The maximum atomic E-state index is 10.8. The second kappa shape index (κ2) is 2.99. The number of hydrogen-bond acceptors (Lipinski definition) is 3. The first-order valence-electron chi connectivity index (χ1n) is 2.64. The van der Waals surface area contributed by atoms with E-state index in [1.54, 1.807) is 22.6 Å². The zero-order chi connectivity index (χ0) is 8.43. The Hall–Kier alpha value is -0.920. The lowest BCUT2D eigenvalue weighted by Crippen LogP contribution is -2.10. The lowest BCUT2D eigenvalue weighted by Gasteiger charge is -1.91. The maximum absolute atomic E-state index is 10.8. The molecule has 6 heteroatoms. The molecule has 1 aromatic rings. The summed E-state index contributed by atoms with van der Waals surface area (Å²) in [4.78, 5) is 22.3. The summed E-state index contributed by atoms with van der Waals surface area (Å²) in [6.45, 7) is 0. The van der Waals surface area contributed by atoms with Crippen LogP contribution in [0.25, 0.3) is 0 Å². The largest absolute Gasteiger partial charge is 0.358 e. The third-order valence-corrected chi connectivity index (χ3v) is 1.89. The quantitative estimate of drug-likeness (QED) is 0.466. The molecular weight excluding hydrogens is 263 g/mol. The zero-order valence-corrected chi connectivity index (χ0v) is 7.36. The van der Waals surface area contributed by atoms with Crippen LogP contribution in [0.15, 0.2) is 16.9 Å². The van der Waals surface area contributed by atoms with E-state index >= 15 is 0 Å². The van der Waals surface area contributed by atoms with Gasteiger partial charge in [0, 0.05) is 6.07 Å². The lowest BCUT2D eigenvalue weighted by molar-refractivity contribution is -0.389. The van der Waals surface area contributed by atoms with E-state index in [-0.39, 0.29) is 5.82 Å². The van der Waals surface area contributed by atoms with Crippen molar-refractivity contribution in [3.63, 3.8) is 0 Å². The van der Waals surface area contributed by atoms with Crippen molar-refractivity contribution < 1.29 is 4.92 Å². The molecule has 1 rings (SSSR count). The molecule has 5 nitrogen and oxygen atoms in total. The molecule has 1 N–H and O–H groups in total. The van der Waals surface area contributed by atoms with Crippen molar-refractivity contribution in [2.45, 2.75) is 0 Å². The van der Waals surface area contributed by atoms with Crippen LogP contribution in [0.3, 0.4) is 0 Å². The molecule has 0 spiro atoms. The van der Waals surface area contributed by atoms with E-state index in [0.717, 1.165) is 0 Å². The molecule has 0 saturated heterocycles. The second-order valence-electron chi connectivity index (χ2n) is 1.78. The zero-order valence-electron chi connectivity index (χ0n) is 5.20. The third kappa shape index (κ3) is 1.76. The van der Waals surface area contributed by atoms with Gasteiger partial charge in [-0.1, -0.05) is 0 Å². The highest BCUT2D eigenvalue weighted by Gasteiger charge is 2.05. The molecule has 0 aliphatic rings. The Kier molecular flexibility index (Phi) is 2.22. The minimum atomic E-state index is -0.641. The minimum absolute atomic E-state index is 0.282. The Balaban J connectivity index is 3.26. The second-order valence-corrected chi connectivity index (χ2v) is 2.94. The van der Waals surface area contributed by atoms with Crippen LogP contribution in [-0.2, 0) is 0 Å². The summed E-state index contributed by atoms with van der Waals surface area (Å²) in [5, 5.41) is 10.1. The van der Waals surface area contributed by atoms with Crippen molar-refractivity contribution in [2.75, 3.05) is 0 Å². The van der Waals surface area contributed by atoms with E-state index in [0.29, 0.717) is 3.57 Å². The predicted molar refractivity (Wildman–Crippen MR) is 46.4 cm³/mol. The summed E-state index contributed by atoms with van der Waals surface area (Å²) in [7, 11) is 0. The molecule has 58 valence electrons. The number of H-pyrrole nitrogens is 1. The SMILES string of the molecule is O=c1[nH]c([N+](=O)[O-])ccc1I. The smallest absolute Gasteiger partial charge is 0.345 e. The van der Waals surface area contributed by atoms with Crippen LogP contribution in [0, 0.1) is 13.7 Å². The molecule has 0 aromatic carbocycles. The molecule has 0 unspecified atom stereocenters. The van der Waals surface area contributed by atoms with Gasteiger partial charge in [-0.15, -0.1) is 0 Å². The Morgan fingerprint density at radius 1 is 1.55 bits per heavy atom. The van der Waals surface area contributed by atoms with Gasteiger partial charge in [0.1, 0.15) is 3.57 Å². The van der Waals surface area contributed by atoms with Crippen LogP contribution in [0.5, 0.6) is 0 Å². The fourth-order valence-electron chi connectivity index (χ4n) is 0.552. The number of nitro groups is 1. The van der Waals surface area contributed by atoms with Gasteiger partial charge in [0.15, 0.2) is 0 Å². The van der Waals surface area contributed by atoms with Gasteiger partial charge < -0.3 is 10.1 Å². The highest BCUT2D eigenvalue weighted by Crippen LogP contribution is 2.04. The van der Waals surface area contributed by atoms with Crippen molar-refractivity contribution in [1.82, 2.24) is 4.98 Å². The first kappa shape index (κ1) is 8.18. The summed E-state index contributed by atoms with van der Waals surface area (Å²) >= 11 is 1.80. The van der Waals surface area contributed by atoms with Gasteiger partial charge in [-0.3, -0.25) is 0 Å². The Morgan fingerprint density at radius 3 is 2.64 bits per heavy atom. The van der Waals surface area contributed by atoms with Crippen molar-refractivity contribution >= 4 is 28.4 Å². The molecule has 0 aliphatic heterocycles. The third-order valence-electron chi connectivity index (χ3n) is 1.04. The van der Waals surface area contributed by atoms with Crippen LogP contribution in [0.4, 0.5) is 5.82 Å². The predicted octanol–water partition coefficient (Wildman–Crippen LogP) is 0.888. The minimum Gasteiger partial charge on any atom is -0.358 e. The number of rotatable bonds is 1. The summed E-state index contributed by atoms with van der Waals surface area (Å²) in [5.41, 5.74) is -0.431. The van der Waals surface area contributed by atoms with Crippen LogP contribution in [0.1, 0.15) is 0 Å². The van der Waals surface area contributed by atoms with Gasteiger partial charge in [0.2, 0.25) is 0 Å². The first-order chi connectivity index (χ1) is 5.11. The van der Waals surface area contributed by atoms with Crippen molar-refractivity contribution in [3.8, 4) is 0 Å². The van der Waals surface area contributed by atoms with Gasteiger partial charge >= 0.3 is 11.4 Å². The summed E-state index contributed by atoms with van der Waals surface area (Å²) < 4.78 is 0.438. The fourth-order valence-corrected chi connectivity index (χ4v) is 0.867. The lowest BCUT2D eigenvalue weighted by atomic mass is 10.5. The molecule has 0 amide bonds. The summed E-state index contributed by atoms with van der Waals surface area (Å²) in [6.07, 6.45) is 0. The maximum Gasteiger partial charge on any atom is 0.345 e. The average molecular weight is 266 g/mol. The van der Waals surface area contributed by atoms with Crippen LogP contribution in [-0.4, -0.2) is 9.91 Å². The van der Waals surface area contributed by atoms with Crippen molar-refractivity contribution in [3.05, 3.63) is 36.2 Å². The monoisotopic (exact) mass is 266 g/mol. The van der Waals surface area contributed by atoms with E-state index < -0.39 is 10.5 Å². The topological polar surface area (TPSA) is 76.0 Å². The molecule has 0 atom stereocenters. The normalized spacial score (nSPS) is 9.55. The average Bonchev–Trinajstić information content (AvgIpc) is 1.94. The number of hydrogen-bond donors (Lipinski definition) is 1. The van der Waals surface area contributed by atoms with Crippen molar-refractivity contribution in [1.29, 1.82) is 0 Å². The number of nitrogens with zero attached hydrogens (tertiary/aromatic N) is 1. The summed E-state index contributed by atoms with van der Waals surface area (Å²) in [5.74, 6) is -0.282. The highest BCUT2D eigenvalue weighted by molar-refractivity contribution is 14.1. The molecule has 0 saturated carbocycles. The highest BCUT2D eigenvalue weighted by atomic mass is 127. The molecule has 0 fully saturated rings. The van der Waals surface area contributed by atoms with Gasteiger partial charge in [0.05, 0.1) is 0 Å². The van der Waals surface area contributed by atoms with E-state index in [1.165, 1.54) is 12.1 Å². The molecule has 1 heterocycles. The molecule has 0 bridgehead atoms. The fraction of sp³-hybridized carbons (Fsp3) is 0. The van der Waals surface area contributed by atoms with Gasteiger partial charge in [-0.2, -0.15) is 0 Å². The summed E-state index contributed by atoms with van der Waals surface area (Å²) in [6, 6.07) is 2.65.